The summed E-state index contributed by atoms with van der Waals surface area (Å²) < 4.78 is 0. The molecule has 0 spiro atoms. The second-order valence-electron chi connectivity index (χ2n) is 4.57. The van der Waals surface area contributed by atoms with Crippen LogP contribution in [-0.4, -0.2) is 18.5 Å². The van der Waals surface area contributed by atoms with Crippen LogP contribution in [0, 0.1) is 0 Å². The molecule has 1 heteroatoms. The van der Waals surface area contributed by atoms with Crippen LogP contribution in [0.1, 0.15) is 59.8 Å². The van der Waals surface area contributed by atoms with Crippen LogP contribution in [0.5, 0.6) is 0 Å². The highest BCUT2D eigenvalue weighted by Crippen LogP contribution is 2.01. The smallest absolute Gasteiger partial charge is 0.0171 e. The van der Waals surface area contributed by atoms with Gasteiger partial charge < -0.3 is 4.90 Å². The molecule has 0 aliphatic carbocycles. The number of unbranched alkanes of at least 4 members (excludes halogenated alkanes) is 2. The van der Waals surface area contributed by atoms with Crippen molar-refractivity contribution in [3.8, 4) is 0 Å². The van der Waals surface area contributed by atoms with Gasteiger partial charge in [-0.05, 0) is 33.1 Å². The molecular weight excluding hydrogens is 194 g/mol. The lowest BCUT2D eigenvalue weighted by Gasteiger charge is -2.17. The molecule has 1 nitrogen and oxygen atoms in total. The van der Waals surface area contributed by atoms with Crippen molar-refractivity contribution in [1.29, 1.82) is 0 Å². The van der Waals surface area contributed by atoms with Gasteiger partial charge in [-0.1, -0.05) is 38.8 Å². The third-order valence-electron chi connectivity index (χ3n) is 2.46. The van der Waals surface area contributed by atoms with E-state index in [1.165, 1.54) is 37.7 Å². The minimum atomic E-state index is 1.14. The van der Waals surface area contributed by atoms with Crippen LogP contribution in [0.25, 0.3) is 0 Å². The molecule has 0 aromatic carbocycles. The molecule has 0 aliphatic heterocycles. The van der Waals surface area contributed by atoms with Gasteiger partial charge in [-0.2, -0.15) is 0 Å². The largest absolute Gasteiger partial charge is 0.379 e. The minimum absolute atomic E-state index is 1.14. The number of hydrogen-bond donors (Lipinski definition) is 0. The Balaban J connectivity index is 0. The van der Waals surface area contributed by atoms with E-state index in [2.05, 4.69) is 45.9 Å². The van der Waals surface area contributed by atoms with E-state index in [4.69, 9.17) is 0 Å². The van der Waals surface area contributed by atoms with Crippen LogP contribution < -0.4 is 0 Å². The van der Waals surface area contributed by atoms with Crippen LogP contribution >= 0.6 is 0 Å². The highest BCUT2D eigenvalue weighted by Gasteiger charge is 1.92. The molecule has 0 radical (unpaired) electrons. The first-order chi connectivity index (χ1) is 7.45. The van der Waals surface area contributed by atoms with E-state index >= 15 is 0 Å². The van der Waals surface area contributed by atoms with Crippen molar-refractivity contribution in [2.75, 3.05) is 13.6 Å². The fourth-order valence-corrected chi connectivity index (χ4v) is 1.06. The van der Waals surface area contributed by atoms with Crippen LogP contribution in [0.4, 0.5) is 0 Å². The van der Waals surface area contributed by atoms with Gasteiger partial charge in [-0.25, -0.2) is 0 Å². The summed E-state index contributed by atoms with van der Waals surface area (Å²) in [6, 6.07) is 0. The van der Waals surface area contributed by atoms with Crippen molar-refractivity contribution in [1.82, 2.24) is 4.90 Å². The Labute approximate surface area is 103 Å². The van der Waals surface area contributed by atoms with Crippen LogP contribution in [-0.2, 0) is 0 Å². The van der Waals surface area contributed by atoms with E-state index in [9.17, 15) is 0 Å². The Hall–Kier alpha value is -0.720. The molecule has 0 atom stereocenters. The number of nitrogens with zero attached hydrogens (tertiary/aromatic N) is 1. The number of hydrogen-bond acceptors (Lipinski definition) is 1. The summed E-state index contributed by atoms with van der Waals surface area (Å²) in [6.07, 6.45) is 6.32. The second-order valence-corrected chi connectivity index (χ2v) is 4.57. The van der Waals surface area contributed by atoms with Crippen LogP contribution in [0.2, 0.25) is 0 Å². The van der Waals surface area contributed by atoms with Gasteiger partial charge in [0.15, 0.2) is 0 Å². The zero-order chi connectivity index (χ0) is 13.0. The summed E-state index contributed by atoms with van der Waals surface area (Å²) in [6.45, 7) is 17.3. The molecule has 0 amide bonds. The lowest BCUT2D eigenvalue weighted by molar-refractivity contribution is 0.409. The predicted molar refractivity (Wildman–Crippen MR) is 76.7 cm³/mol. The topological polar surface area (TPSA) is 3.24 Å². The van der Waals surface area contributed by atoms with E-state index in [0.717, 1.165) is 12.2 Å². The first kappa shape index (κ1) is 17.7. The molecule has 0 bridgehead atoms. The highest BCUT2D eigenvalue weighted by atomic mass is 15.1. The first-order valence-corrected chi connectivity index (χ1v) is 6.46. The second kappa shape index (κ2) is 12.4. The zero-order valence-corrected chi connectivity index (χ0v) is 12.1. The average molecular weight is 225 g/mol. The van der Waals surface area contributed by atoms with Crippen LogP contribution in [0.15, 0.2) is 24.4 Å². The zero-order valence-electron chi connectivity index (χ0n) is 12.1. The van der Waals surface area contributed by atoms with E-state index < -0.39 is 0 Å². The van der Waals surface area contributed by atoms with Crippen molar-refractivity contribution in [2.45, 2.75) is 59.8 Å². The van der Waals surface area contributed by atoms with Gasteiger partial charge in [0.1, 0.15) is 0 Å². The van der Waals surface area contributed by atoms with E-state index in [-0.39, 0.29) is 0 Å². The van der Waals surface area contributed by atoms with Crippen molar-refractivity contribution in [3.05, 3.63) is 24.4 Å². The van der Waals surface area contributed by atoms with Gasteiger partial charge >= 0.3 is 0 Å². The lowest BCUT2D eigenvalue weighted by Crippen LogP contribution is -2.15. The van der Waals surface area contributed by atoms with Crippen molar-refractivity contribution in [3.63, 3.8) is 0 Å². The molecule has 0 N–H and O–H groups in total. The maximum Gasteiger partial charge on any atom is 0.0171 e. The molecule has 0 heterocycles. The third-order valence-corrected chi connectivity index (χ3v) is 2.46. The van der Waals surface area contributed by atoms with Gasteiger partial charge in [0.05, 0.1) is 0 Å². The average Bonchev–Trinajstić information content (AvgIpc) is 2.23. The molecule has 0 unspecified atom stereocenters. The van der Waals surface area contributed by atoms with Crippen molar-refractivity contribution < 1.29 is 0 Å². The Morgan fingerprint density at radius 1 is 1.00 bits per heavy atom. The van der Waals surface area contributed by atoms with Crippen molar-refractivity contribution >= 4 is 0 Å². The summed E-state index contributed by atoms with van der Waals surface area (Å²) in [5.41, 5.74) is 2.46. The number of rotatable bonds is 7. The quantitative estimate of drug-likeness (QED) is 0.551. The van der Waals surface area contributed by atoms with E-state index in [1.807, 2.05) is 6.92 Å². The molecular formula is C15H31N. The Morgan fingerprint density at radius 3 is 1.75 bits per heavy atom. The highest BCUT2D eigenvalue weighted by molar-refractivity contribution is 4.86. The maximum absolute atomic E-state index is 3.83. The lowest BCUT2D eigenvalue weighted by atomic mass is 10.2. The summed E-state index contributed by atoms with van der Waals surface area (Å²) in [5, 5.41) is 0. The maximum atomic E-state index is 3.83. The molecule has 0 aromatic heterocycles. The SMILES string of the molecule is C=C(C)CCCC.C=C(C)N(C)CCCC. The summed E-state index contributed by atoms with van der Waals surface area (Å²) in [4.78, 5) is 2.18. The Kier molecular flexibility index (Phi) is 13.6. The standard InChI is InChI=1S/C8H17N.C7H14/c1-5-6-7-9(4)8(2)3;1-4-5-6-7(2)3/h2,5-7H2,1,3-4H3;2,4-6H2,1,3H3. The summed E-state index contributed by atoms with van der Waals surface area (Å²) in [7, 11) is 2.08. The van der Waals surface area contributed by atoms with Gasteiger partial charge in [0, 0.05) is 19.3 Å². The normalized spacial score (nSPS) is 9.06. The Morgan fingerprint density at radius 2 is 1.50 bits per heavy atom. The third kappa shape index (κ3) is 15.7. The Bertz CT molecular complexity index is 182. The van der Waals surface area contributed by atoms with Crippen molar-refractivity contribution in [2.24, 2.45) is 0 Å². The van der Waals surface area contributed by atoms with Gasteiger partial charge in [0.25, 0.3) is 0 Å². The fraction of sp³-hybridized carbons (Fsp3) is 0.733. The molecule has 96 valence electrons. The van der Waals surface area contributed by atoms with E-state index in [1.54, 1.807) is 0 Å². The summed E-state index contributed by atoms with van der Waals surface area (Å²) >= 11 is 0. The molecule has 0 aliphatic rings. The summed E-state index contributed by atoms with van der Waals surface area (Å²) in [5.74, 6) is 0. The monoisotopic (exact) mass is 225 g/mol. The molecule has 0 saturated carbocycles. The molecule has 0 fully saturated rings. The molecule has 0 aromatic rings. The van der Waals surface area contributed by atoms with Gasteiger partial charge in [-0.3, -0.25) is 0 Å². The predicted octanol–water partition coefficient (Wildman–Crippen LogP) is 5.00. The van der Waals surface area contributed by atoms with E-state index in [0.29, 0.717) is 0 Å². The minimum Gasteiger partial charge on any atom is -0.379 e. The molecule has 0 saturated heterocycles. The fourth-order valence-electron chi connectivity index (χ4n) is 1.06. The van der Waals surface area contributed by atoms with Crippen LogP contribution in [0.3, 0.4) is 0 Å². The van der Waals surface area contributed by atoms with Gasteiger partial charge in [-0.15, -0.1) is 6.58 Å². The number of allylic oxidation sites excluding steroid dienone is 2. The van der Waals surface area contributed by atoms with Gasteiger partial charge in [0.2, 0.25) is 0 Å². The molecule has 16 heavy (non-hydrogen) atoms. The molecule has 0 rings (SSSR count). The first-order valence-electron chi connectivity index (χ1n) is 6.46.